The quantitative estimate of drug-likeness (QED) is 0.834. The molecule has 1 unspecified atom stereocenters. The monoisotopic (exact) mass is 309 g/mol. The first-order valence-electron chi connectivity index (χ1n) is 5.62. The third-order valence-corrected chi connectivity index (χ3v) is 4.40. The van der Waals surface area contributed by atoms with Gasteiger partial charge in [0, 0.05) is 27.9 Å². The van der Waals surface area contributed by atoms with E-state index in [1.807, 2.05) is 0 Å². The van der Waals surface area contributed by atoms with E-state index in [-0.39, 0.29) is 0 Å². The molecule has 3 rings (SSSR count). The van der Waals surface area contributed by atoms with Gasteiger partial charge in [0.15, 0.2) is 0 Å². The van der Waals surface area contributed by atoms with E-state index in [9.17, 15) is 0 Å². The van der Waals surface area contributed by atoms with Crippen LogP contribution in [0.3, 0.4) is 0 Å². The van der Waals surface area contributed by atoms with Crippen molar-refractivity contribution in [1.29, 1.82) is 0 Å². The highest BCUT2D eigenvalue weighted by Gasteiger charge is 2.20. The highest BCUT2D eigenvalue weighted by Crippen LogP contribution is 2.31. The number of rotatable bonds is 2. The van der Waals surface area contributed by atoms with Gasteiger partial charge in [0.1, 0.15) is 5.01 Å². The number of halogens is 1. The summed E-state index contributed by atoms with van der Waals surface area (Å²) in [5.74, 6) is 0.496. The van der Waals surface area contributed by atoms with Gasteiger partial charge in [0.25, 0.3) is 0 Å². The van der Waals surface area contributed by atoms with E-state index in [1.165, 1.54) is 11.3 Å². The van der Waals surface area contributed by atoms with Crippen LogP contribution in [0.5, 0.6) is 0 Å². The first kappa shape index (κ1) is 11.4. The van der Waals surface area contributed by atoms with E-state index in [0.29, 0.717) is 5.92 Å². The van der Waals surface area contributed by atoms with Crippen LogP contribution < -0.4 is 0 Å². The Morgan fingerprint density at radius 3 is 2.82 bits per heavy atom. The van der Waals surface area contributed by atoms with Crippen LogP contribution in [0.4, 0.5) is 0 Å². The first-order valence-corrected chi connectivity index (χ1v) is 7.29. The Balaban J connectivity index is 1.86. The van der Waals surface area contributed by atoms with Gasteiger partial charge in [0.05, 0.1) is 12.3 Å². The van der Waals surface area contributed by atoms with Crippen molar-refractivity contribution >= 4 is 27.3 Å². The molecule has 2 aromatic rings. The molecule has 1 aromatic heterocycles. The minimum Gasteiger partial charge on any atom is -0.381 e. The van der Waals surface area contributed by atoms with Crippen molar-refractivity contribution in [3.05, 3.63) is 39.8 Å². The van der Waals surface area contributed by atoms with Gasteiger partial charge >= 0.3 is 0 Å². The smallest absolute Gasteiger partial charge is 0.123 e. The second-order valence-electron chi connectivity index (χ2n) is 4.14. The van der Waals surface area contributed by atoms with E-state index in [0.717, 1.165) is 29.1 Å². The predicted octanol–water partition coefficient (Wildman–Crippen LogP) is 4.08. The lowest BCUT2D eigenvalue weighted by atomic mass is 10.1. The Labute approximate surface area is 113 Å². The zero-order valence-electron chi connectivity index (χ0n) is 9.23. The Morgan fingerprint density at radius 2 is 2.12 bits per heavy atom. The van der Waals surface area contributed by atoms with Gasteiger partial charge in [-0.2, -0.15) is 0 Å². The number of thiazole rings is 1. The normalized spacial score (nSPS) is 19.7. The summed E-state index contributed by atoms with van der Waals surface area (Å²) in [5.41, 5.74) is 2.37. The molecule has 4 heteroatoms. The summed E-state index contributed by atoms with van der Waals surface area (Å²) in [5, 5.41) is 3.26. The van der Waals surface area contributed by atoms with Crippen LogP contribution in [-0.2, 0) is 4.74 Å². The second kappa shape index (κ2) is 4.88. The minimum atomic E-state index is 0.496. The third-order valence-electron chi connectivity index (χ3n) is 2.96. The average Bonchev–Trinajstić information content (AvgIpc) is 3.00. The summed E-state index contributed by atoms with van der Waals surface area (Å²) in [4.78, 5) is 4.72. The molecule has 0 bridgehead atoms. The van der Waals surface area contributed by atoms with E-state index >= 15 is 0 Å². The highest BCUT2D eigenvalue weighted by molar-refractivity contribution is 9.10. The van der Waals surface area contributed by atoms with Gasteiger partial charge in [0.2, 0.25) is 0 Å². The van der Waals surface area contributed by atoms with E-state index in [2.05, 4.69) is 45.6 Å². The SMILES string of the molecule is Brc1ccc(-c2nc(C3CCOC3)cs2)cc1. The minimum absolute atomic E-state index is 0.496. The molecule has 1 aliphatic rings. The number of aromatic nitrogens is 1. The van der Waals surface area contributed by atoms with Gasteiger partial charge in [-0.25, -0.2) is 4.98 Å². The number of nitrogens with zero attached hydrogens (tertiary/aromatic N) is 1. The van der Waals surface area contributed by atoms with Crippen LogP contribution in [-0.4, -0.2) is 18.2 Å². The van der Waals surface area contributed by atoms with Crippen molar-refractivity contribution in [2.75, 3.05) is 13.2 Å². The Bertz CT molecular complexity index is 502. The summed E-state index contributed by atoms with van der Waals surface area (Å²) in [6.45, 7) is 1.69. The highest BCUT2D eigenvalue weighted by atomic mass is 79.9. The first-order chi connectivity index (χ1) is 8.33. The number of ether oxygens (including phenoxy) is 1. The lowest BCUT2D eigenvalue weighted by Gasteiger charge is -2.01. The molecule has 1 aliphatic heterocycles. The number of hydrogen-bond donors (Lipinski definition) is 0. The maximum atomic E-state index is 5.40. The van der Waals surface area contributed by atoms with Crippen molar-refractivity contribution in [1.82, 2.24) is 4.98 Å². The number of hydrogen-bond acceptors (Lipinski definition) is 3. The van der Waals surface area contributed by atoms with Crippen molar-refractivity contribution in [3.8, 4) is 10.6 Å². The fourth-order valence-electron chi connectivity index (χ4n) is 1.97. The van der Waals surface area contributed by atoms with Crippen LogP contribution in [0.25, 0.3) is 10.6 Å². The van der Waals surface area contributed by atoms with Crippen molar-refractivity contribution in [2.24, 2.45) is 0 Å². The Morgan fingerprint density at radius 1 is 1.29 bits per heavy atom. The van der Waals surface area contributed by atoms with Crippen LogP contribution in [0.15, 0.2) is 34.1 Å². The van der Waals surface area contributed by atoms with Crippen molar-refractivity contribution < 1.29 is 4.74 Å². The molecule has 2 nitrogen and oxygen atoms in total. The largest absolute Gasteiger partial charge is 0.381 e. The molecule has 2 heterocycles. The zero-order valence-corrected chi connectivity index (χ0v) is 11.6. The molecular weight excluding hydrogens is 298 g/mol. The van der Waals surface area contributed by atoms with Crippen LogP contribution >= 0.6 is 27.3 Å². The topological polar surface area (TPSA) is 22.1 Å². The maximum absolute atomic E-state index is 5.40. The summed E-state index contributed by atoms with van der Waals surface area (Å²) in [6, 6.07) is 8.29. The Hall–Kier alpha value is -0.710. The van der Waals surface area contributed by atoms with Crippen molar-refractivity contribution in [3.63, 3.8) is 0 Å². The van der Waals surface area contributed by atoms with E-state index in [4.69, 9.17) is 9.72 Å². The van der Waals surface area contributed by atoms with Gasteiger partial charge in [-0.3, -0.25) is 0 Å². The summed E-state index contributed by atoms with van der Waals surface area (Å²) in [7, 11) is 0. The molecule has 88 valence electrons. The predicted molar refractivity (Wildman–Crippen MR) is 73.4 cm³/mol. The van der Waals surface area contributed by atoms with Gasteiger partial charge in [-0.1, -0.05) is 28.1 Å². The van der Waals surface area contributed by atoms with Crippen molar-refractivity contribution in [2.45, 2.75) is 12.3 Å². The molecule has 17 heavy (non-hydrogen) atoms. The average molecular weight is 310 g/mol. The molecule has 0 aliphatic carbocycles. The van der Waals surface area contributed by atoms with Crippen LogP contribution in [0.2, 0.25) is 0 Å². The van der Waals surface area contributed by atoms with E-state index < -0.39 is 0 Å². The summed E-state index contributed by atoms with van der Waals surface area (Å²) < 4.78 is 6.50. The fourth-order valence-corrected chi connectivity index (χ4v) is 3.14. The molecule has 0 spiro atoms. The Kier molecular flexibility index (Phi) is 3.27. The molecule has 0 radical (unpaired) electrons. The molecule has 0 amide bonds. The molecule has 0 saturated carbocycles. The lowest BCUT2D eigenvalue weighted by molar-refractivity contribution is 0.193. The molecular formula is C13H12BrNOS. The third kappa shape index (κ3) is 2.44. The molecule has 1 atom stereocenters. The van der Waals surface area contributed by atoms with Gasteiger partial charge in [-0.05, 0) is 18.6 Å². The van der Waals surface area contributed by atoms with Crippen LogP contribution in [0, 0.1) is 0 Å². The second-order valence-corrected chi connectivity index (χ2v) is 5.92. The summed E-state index contributed by atoms with van der Waals surface area (Å²) in [6.07, 6.45) is 1.10. The zero-order chi connectivity index (χ0) is 11.7. The van der Waals surface area contributed by atoms with Gasteiger partial charge < -0.3 is 4.74 Å². The maximum Gasteiger partial charge on any atom is 0.123 e. The summed E-state index contributed by atoms with van der Waals surface area (Å²) >= 11 is 5.16. The molecule has 1 fully saturated rings. The molecule has 1 aromatic carbocycles. The molecule has 1 saturated heterocycles. The number of benzene rings is 1. The van der Waals surface area contributed by atoms with E-state index in [1.54, 1.807) is 11.3 Å². The van der Waals surface area contributed by atoms with Gasteiger partial charge in [-0.15, -0.1) is 11.3 Å². The lowest BCUT2D eigenvalue weighted by Crippen LogP contribution is -1.97. The standard InChI is InChI=1S/C13H12BrNOS/c14-11-3-1-9(2-4-11)13-15-12(8-17-13)10-5-6-16-7-10/h1-4,8,10H,5-7H2. The van der Waals surface area contributed by atoms with Crippen LogP contribution in [0.1, 0.15) is 18.0 Å². The fraction of sp³-hybridized carbons (Fsp3) is 0.308. The molecule has 0 N–H and O–H groups in total.